The van der Waals surface area contributed by atoms with Crippen molar-refractivity contribution in [2.75, 3.05) is 31.2 Å². The van der Waals surface area contributed by atoms with Gasteiger partial charge in [-0.15, -0.1) is 0 Å². The molecule has 1 aliphatic carbocycles. The Hall–Kier alpha value is -3.31. The standard InChI is InChI=1S/C25H31N7O4/c33-20-6-5-18(20)27-24(34)19-13-21(29-25(28-19)36-14-16-3-2-12-35-16)32-10-7-15(8-11-32)22-17-4-1-9-26-23(17)31-30-22/h1,4,9,13,15-16,18,20,33H,2-3,5-8,10-12,14H2,(H,27,34)(H,26,30,31)/t16-,18-,20-/m1/s1. The summed E-state index contributed by atoms with van der Waals surface area (Å²) >= 11 is 0. The van der Waals surface area contributed by atoms with Crippen LogP contribution in [0.5, 0.6) is 6.01 Å². The average Bonchev–Trinajstić information content (AvgIpc) is 3.60. The predicted octanol–water partition coefficient (Wildman–Crippen LogP) is 1.94. The third-order valence-corrected chi connectivity index (χ3v) is 7.47. The zero-order valence-electron chi connectivity index (χ0n) is 20.1. The molecule has 11 nitrogen and oxygen atoms in total. The average molecular weight is 494 g/mol. The number of hydrogen-bond donors (Lipinski definition) is 3. The van der Waals surface area contributed by atoms with Crippen LogP contribution in [-0.2, 0) is 4.74 Å². The molecular weight excluding hydrogens is 462 g/mol. The molecule has 3 N–H and O–H groups in total. The number of aromatic nitrogens is 5. The van der Waals surface area contributed by atoms with Crippen LogP contribution < -0.4 is 15.0 Å². The minimum Gasteiger partial charge on any atom is -0.461 e. The topological polar surface area (TPSA) is 138 Å². The van der Waals surface area contributed by atoms with E-state index in [1.54, 1.807) is 12.3 Å². The molecule has 2 aliphatic heterocycles. The van der Waals surface area contributed by atoms with Crippen LogP contribution in [0.3, 0.4) is 0 Å². The number of carbonyl (C=O) groups excluding carboxylic acids is 1. The number of hydrogen-bond acceptors (Lipinski definition) is 9. The SMILES string of the molecule is O=C(N[C@@H]1CC[C@H]1O)c1cc(N2CCC(c3n[nH]c4ncccc34)CC2)nc(OC[C@H]2CCCO2)n1. The smallest absolute Gasteiger partial charge is 0.319 e. The van der Waals surface area contributed by atoms with Crippen LogP contribution in [0.2, 0.25) is 0 Å². The first-order valence-electron chi connectivity index (χ1n) is 12.8. The van der Waals surface area contributed by atoms with Crippen LogP contribution in [0, 0.1) is 0 Å². The molecule has 0 aromatic carbocycles. The second-order valence-electron chi connectivity index (χ2n) is 9.83. The Morgan fingerprint density at radius 3 is 2.86 bits per heavy atom. The number of aliphatic hydroxyl groups is 1. The molecular formula is C25H31N7O4. The number of rotatable bonds is 7. The van der Waals surface area contributed by atoms with E-state index < -0.39 is 6.10 Å². The van der Waals surface area contributed by atoms with Gasteiger partial charge in [0, 0.05) is 43.3 Å². The number of pyridine rings is 1. The second kappa shape index (κ2) is 9.98. The number of aliphatic hydroxyl groups excluding tert-OH is 1. The zero-order chi connectivity index (χ0) is 24.5. The Balaban J connectivity index is 1.18. The van der Waals surface area contributed by atoms with Crippen LogP contribution >= 0.6 is 0 Å². The molecule has 0 spiro atoms. The minimum absolute atomic E-state index is 0.0218. The Labute approximate surface area is 208 Å². The van der Waals surface area contributed by atoms with Gasteiger partial charge in [-0.1, -0.05) is 0 Å². The molecule has 0 unspecified atom stereocenters. The molecule has 2 saturated heterocycles. The van der Waals surface area contributed by atoms with E-state index in [4.69, 9.17) is 9.47 Å². The van der Waals surface area contributed by atoms with Crippen LogP contribution in [0.15, 0.2) is 24.4 Å². The lowest BCUT2D eigenvalue weighted by atomic mass is 9.89. The summed E-state index contributed by atoms with van der Waals surface area (Å²) in [6.45, 7) is 2.63. The summed E-state index contributed by atoms with van der Waals surface area (Å²) in [5, 5.41) is 21.4. The number of aromatic amines is 1. The number of amides is 1. The lowest BCUT2D eigenvalue weighted by Crippen LogP contribution is -2.50. The van der Waals surface area contributed by atoms with Gasteiger partial charge >= 0.3 is 6.01 Å². The third-order valence-electron chi connectivity index (χ3n) is 7.47. The Morgan fingerprint density at radius 2 is 2.11 bits per heavy atom. The van der Waals surface area contributed by atoms with Gasteiger partial charge in [0.05, 0.1) is 23.9 Å². The van der Waals surface area contributed by atoms with Crippen LogP contribution in [0.1, 0.15) is 60.6 Å². The highest BCUT2D eigenvalue weighted by atomic mass is 16.5. The van der Waals surface area contributed by atoms with E-state index in [0.717, 1.165) is 68.5 Å². The van der Waals surface area contributed by atoms with E-state index in [1.165, 1.54) is 0 Å². The van der Waals surface area contributed by atoms with E-state index in [-0.39, 0.29) is 29.8 Å². The fourth-order valence-corrected chi connectivity index (χ4v) is 5.16. The van der Waals surface area contributed by atoms with Crippen molar-refractivity contribution in [3.63, 3.8) is 0 Å². The zero-order valence-corrected chi connectivity index (χ0v) is 20.1. The first kappa shape index (κ1) is 23.1. The highest BCUT2D eigenvalue weighted by Gasteiger charge is 2.32. The molecule has 36 heavy (non-hydrogen) atoms. The van der Waals surface area contributed by atoms with Crippen LogP contribution in [0.4, 0.5) is 5.82 Å². The van der Waals surface area contributed by atoms with Crippen molar-refractivity contribution in [1.29, 1.82) is 0 Å². The third kappa shape index (κ3) is 4.72. The lowest BCUT2D eigenvalue weighted by molar-refractivity contribution is 0.0444. The highest BCUT2D eigenvalue weighted by Crippen LogP contribution is 2.33. The maximum atomic E-state index is 12.9. The summed E-state index contributed by atoms with van der Waals surface area (Å²) in [5.74, 6) is 0.660. The maximum Gasteiger partial charge on any atom is 0.319 e. The van der Waals surface area contributed by atoms with Gasteiger partial charge in [-0.3, -0.25) is 9.89 Å². The van der Waals surface area contributed by atoms with Gasteiger partial charge < -0.3 is 24.8 Å². The number of nitrogens with zero attached hydrogens (tertiary/aromatic N) is 5. The van der Waals surface area contributed by atoms with Gasteiger partial charge in [0.2, 0.25) is 0 Å². The molecule has 5 heterocycles. The quantitative estimate of drug-likeness (QED) is 0.451. The second-order valence-corrected chi connectivity index (χ2v) is 9.83. The number of anilines is 1. The number of fused-ring (bicyclic) bond motifs is 1. The lowest BCUT2D eigenvalue weighted by Gasteiger charge is -2.33. The van der Waals surface area contributed by atoms with Gasteiger partial charge in [-0.05, 0) is 50.7 Å². The molecule has 3 atom stereocenters. The van der Waals surface area contributed by atoms with Gasteiger partial charge in [-0.25, -0.2) is 4.98 Å². The van der Waals surface area contributed by atoms with E-state index in [9.17, 15) is 9.90 Å². The Bertz CT molecular complexity index is 1220. The van der Waals surface area contributed by atoms with Gasteiger partial charge in [0.1, 0.15) is 18.1 Å². The maximum absolute atomic E-state index is 12.9. The minimum atomic E-state index is -0.502. The summed E-state index contributed by atoms with van der Waals surface area (Å²) < 4.78 is 11.5. The summed E-state index contributed by atoms with van der Waals surface area (Å²) in [6, 6.07) is 5.65. The summed E-state index contributed by atoms with van der Waals surface area (Å²) in [6.07, 6.45) is 6.51. The molecule has 190 valence electrons. The van der Waals surface area contributed by atoms with Crippen molar-refractivity contribution in [3.8, 4) is 6.01 Å². The summed E-state index contributed by atoms with van der Waals surface area (Å²) in [4.78, 5) is 28.5. The molecule has 1 amide bonds. The summed E-state index contributed by atoms with van der Waals surface area (Å²) in [7, 11) is 0. The molecule has 3 aromatic heterocycles. The summed E-state index contributed by atoms with van der Waals surface area (Å²) in [5.41, 5.74) is 2.11. The largest absolute Gasteiger partial charge is 0.461 e. The van der Waals surface area contributed by atoms with Gasteiger partial charge in [0.25, 0.3) is 5.91 Å². The number of piperidine rings is 1. The van der Waals surface area contributed by atoms with Crippen molar-refractivity contribution in [2.45, 2.75) is 62.7 Å². The van der Waals surface area contributed by atoms with E-state index >= 15 is 0 Å². The highest BCUT2D eigenvalue weighted by molar-refractivity contribution is 5.93. The predicted molar refractivity (Wildman–Crippen MR) is 131 cm³/mol. The number of H-pyrrole nitrogens is 1. The number of nitrogens with one attached hydrogen (secondary N) is 2. The van der Waals surface area contributed by atoms with E-state index in [0.29, 0.717) is 24.8 Å². The van der Waals surface area contributed by atoms with Crippen LogP contribution in [0.25, 0.3) is 11.0 Å². The van der Waals surface area contributed by atoms with E-state index in [1.807, 2.05) is 6.07 Å². The number of ether oxygens (including phenoxy) is 2. The molecule has 0 bridgehead atoms. The van der Waals surface area contributed by atoms with Crippen LogP contribution in [-0.4, -0.2) is 80.7 Å². The van der Waals surface area contributed by atoms with Crippen molar-refractivity contribution >= 4 is 22.8 Å². The van der Waals surface area contributed by atoms with Gasteiger partial charge in [0.15, 0.2) is 5.65 Å². The van der Waals surface area contributed by atoms with Crippen molar-refractivity contribution in [2.24, 2.45) is 0 Å². The molecule has 6 rings (SSSR count). The fraction of sp³-hybridized carbons (Fsp3) is 0.560. The van der Waals surface area contributed by atoms with Crippen molar-refractivity contribution < 1.29 is 19.4 Å². The Morgan fingerprint density at radius 1 is 1.22 bits per heavy atom. The van der Waals surface area contributed by atoms with Gasteiger partial charge in [-0.2, -0.15) is 15.1 Å². The fourth-order valence-electron chi connectivity index (χ4n) is 5.16. The molecule has 1 saturated carbocycles. The normalized spacial score (nSPS) is 24.6. The molecule has 3 aliphatic rings. The molecule has 3 aromatic rings. The van der Waals surface area contributed by atoms with E-state index in [2.05, 4.69) is 41.4 Å². The molecule has 0 radical (unpaired) electrons. The Kier molecular flexibility index (Phi) is 6.41. The number of carbonyl (C=O) groups is 1. The molecule has 3 fully saturated rings. The first-order valence-corrected chi connectivity index (χ1v) is 12.8. The van der Waals surface area contributed by atoms with Crippen molar-refractivity contribution in [1.82, 2.24) is 30.5 Å². The first-order chi connectivity index (χ1) is 17.6. The monoisotopic (exact) mass is 493 g/mol. The molecule has 11 heteroatoms. The van der Waals surface area contributed by atoms with Crippen molar-refractivity contribution in [3.05, 3.63) is 35.8 Å².